The number of para-hydroxylation sites is 1. The van der Waals surface area contributed by atoms with Gasteiger partial charge < -0.3 is 4.90 Å². The van der Waals surface area contributed by atoms with Crippen LogP contribution in [0.3, 0.4) is 0 Å². The van der Waals surface area contributed by atoms with Crippen molar-refractivity contribution in [2.45, 2.75) is 0 Å². The van der Waals surface area contributed by atoms with Gasteiger partial charge in [-0.25, -0.2) is 0 Å². The van der Waals surface area contributed by atoms with Crippen molar-refractivity contribution in [3.63, 3.8) is 0 Å². The van der Waals surface area contributed by atoms with Crippen LogP contribution in [0.1, 0.15) is 0 Å². The molecule has 0 bridgehead atoms. The summed E-state index contributed by atoms with van der Waals surface area (Å²) in [4.78, 5) is 2.30. The Morgan fingerprint density at radius 1 is 0.357 bits per heavy atom. The third-order valence-electron chi connectivity index (χ3n) is 7.81. The second kappa shape index (κ2) is 11.3. The Morgan fingerprint density at radius 2 is 0.881 bits per heavy atom. The van der Waals surface area contributed by atoms with E-state index in [4.69, 9.17) is 7.85 Å². The lowest BCUT2D eigenvalue weighted by molar-refractivity contribution is 1.28. The molecule has 0 aromatic heterocycles. The number of hydrogen-bond donors (Lipinski definition) is 0. The first-order valence-corrected chi connectivity index (χ1v) is 14.2. The molecule has 0 fully saturated rings. The van der Waals surface area contributed by atoms with Crippen molar-refractivity contribution in [3.05, 3.63) is 170 Å². The highest BCUT2D eigenvalue weighted by Gasteiger charge is 2.14. The fourth-order valence-electron chi connectivity index (χ4n) is 5.75. The Balaban J connectivity index is 1.27. The monoisotopic (exact) mass is 533 g/mol. The van der Waals surface area contributed by atoms with E-state index in [0.717, 1.165) is 44.8 Å². The Bertz CT molecular complexity index is 1960. The molecule has 0 amide bonds. The minimum Gasteiger partial charge on any atom is -0.311 e. The summed E-state index contributed by atoms with van der Waals surface area (Å²) in [6.45, 7) is 0. The minimum absolute atomic E-state index is 0.761. The van der Waals surface area contributed by atoms with Crippen molar-refractivity contribution in [2.24, 2.45) is 0 Å². The molecule has 42 heavy (non-hydrogen) atoms. The number of fused-ring (bicyclic) bond motifs is 1. The van der Waals surface area contributed by atoms with Crippen LogP contribution in [0, 0.1) is 0 Å². The number of hydrogen-bond acceptors (Lipinski definition) is 1. The van der Waals surface area contributed by atoms with E-state index in [2.05, 4.69) is 163 Å². The summed E-state index contributed by atoms with van der Waals surface area (Å²) in [5.41, 5.74) is 11.1. The van der Waals surface area contributed by atoms with Gasteiger partial charge in [0.05, 0.1) is 0 Å². The smallest absolute Gasteiger partial charge is 0.113 e. The lowest BCUT2D eigenvalue weighted by Gasteiger charge is -2.26. The first-order valence-electron chi connectivity index (χ1n) is 14.2. The van der Waals surface area contributed by atoms with Gasteiger partial charge in [-0.05, 0) is 80.6 Å². The molecule has 7 aromatic carbocycles. The van der Waals surface area contributed by atoms with Crippen molar-refractivity contribution in [3.8, 4) is 33.4 Å². The van der Waals surface area contributed by atoms with Crippen molar-refractivity contribution in [1.82, 2.24) is 0 Å². The van der Waals surface area contributed by atoms with Crippen LogP contribution in [0.2, 0.25) is 0 Å². The molecule has 0 N–H and O–H groups in total. The molecule has 7 rings (SSSR count). The van der Waals surface area contributed by atoms with Gasteiger partial charge in [0.25, 0.3) is 0 Å². The molecule has 1 nitrogen and oxygen atoms in total. The molecule has 0 atom stereocenters. The first-order chi connectivity index (χ1) is 20.7. The van der Waals surface area contributed by atoms with E-state index < -0.39 is 0 Å². The minimum atomic E-state index is 0.761. The largest absolute Gasteiger partial charge is 0.311 e. The standard InChI is InChI=1S/C40H28BN/c41-33-22-27-39(40(28-33)30-10-3-1-4-11-30)32-20-25-36(26-21-32)42(34-14-5-2-6-15-34)35-23-18-31(19-24-35)38-17-9-13-29-12-7-8-16-37(29)38/h1-28H. The quantitative estimate of drug-likeness (QED) is 0.192. The molecule has 7 aromatic rings. The Kier molecular flexibility index (Phi) is 6.88. The Labute approximate surface area is 248 Å². The van der Waals surface area contributed by atoms with Crippen molar-refractivity contribution >= 4 is 41.1 Å². The zero-order valence-corrected chi connectivity index (χ0v) is 23.2. The Hall–Kier alpha value is -5.34. The topological polar surface area (TPSA) is 3.24 Å². The van der Waals surface area contributed by atoms with Gasteiger partial charge in [-0.3, -0.25) is 0 Å². The molecule has 0 aliphatic carbocycles. The van der Waals surface area contributed by atoms with Crippen LogP contribution in [0.4, 0.5) is 17.1 Å². The van der Waals surface area contributed by atoms with Crippen LogP contribution < -0.4 is 10.4 Å². The number of anilines is 3. The van der Waals surface area contributed by atoms with Gasteiger partial charge in [-0.2, -0.15) is 0 Å². The zero-order valence-electron chi connectivity index (χ0n) is 23.2. The van der Waals surface area contributed by atoms with Gasteiger partial charge in [0, 0.05) is 17.1 Å². The van der Waals surface area contributed by atoms with Crippen LogP contribution in [0.15, 0.2) is 170 Å². The average molecular weight is 533 g/mol. The van der Waals surface area contributed by atoms with Crippen LogP contribution in [0.25, 0.3) is 44.2 Å². The predicted octanol–water partition coefficient (Wildman–Crippen LogP) is 10.1. The third-order valence-corrected chi connectivity index (χ3v) is 7.81. The van der Waals surface area contributed by atoms with Crippen molar-refractivity contribution in [1.29, 1.82) is 0 Å². The first kappa shape index (κ1) is 25.6. The summed E-state index contributed by atoms with van der Waals surface area (Å²) in [5.74, 6) is 0. The molecule has 0 saturated carbocycles. The normalized spacial score (nSPS) is 11.0. The van der Waals surface area contributed by atoms with Gasteiger partial charge in [-0.1, -0.05) is 139 Å². The lowest BCUT2D eigenvalue weighted by Crippen LogP contribution is -2.09. The lowest BCUT2D eigenvalue weighted by atomic mass is 9.87. The molecule has 0 heterocycles. The van der Waals surface area contributed by atoms with Gasteiger partial charge in [0.2, 0.25) is 0 Å². The zero-order chi connectivity index (χ0) is 28.3. The van der Waals surface area contributed by atoms with E-state index in [9.17, 15) is 0 Å². The van der Waals surface area contributed by atoms with Crippen LogP contribution in [-0.4, -0.2) is 7.85 Å². The molecule has 0 spiro atoms. The molecule has 0 aliphatic heterocycles. The van der Waals surface area contributed by atoms with E-state index in [-0.39, 0.29) is 0 Å². The van der Waals surface area contributed by atoms with E-state index in [0.29, 0.717) is 0 Å². The molecule has 0 saturated heterocycles. The highest BCUT2D eigenvalue weighted by atomic mass is 15.1. The average Bonchev–Trinajstić information content (AvgIpc) is 3.06. The van der Waals surface area contributed by atoms with E-state index >= 15 is 0 Å². The van der Waals surface area contributed by atoms with Gasteiger partial charge in [0.15, 0.2) is 0 Å². The van der Waals surface area contributed by atoms with E-state index in [1.807, 2.05) is 12.1 Å². The maximum absolute atomic E-state index is 6.20. The summed E-state index contributed by atoms with van der Waals surface area (Å²) in [6.07, 6.45) is 0. The van der Waals surface area contributed by atoms with Crippen molar-refractivity contribution in [2.75, 3.05) is 4.90 Å². The highest BCUT2D eigenvalue weighted by Crippen LogP contribution is 2.38. The molecule has 0 aliphatic rings. The van der Waals surface area contributed by atoms with Crippen LogP contribution in [-0.2, 0) is 0 Å². The molecule has 196 valence electrons. The number of nitrogens with zero attached hydrogens (tertiary/aromatic N) is 1. The van der Waals surface area contributed by atoms with Crippen LogP contribution in [0.5, 0.6) is 0 Å². The molecule has 2 radical (unpaired) electrons. The number of rotatable bonds is 6. The summed E-state index contributed by atoms with van der Waals surface area (Å²) < 4.78 is 0. The van der Waals surface area contributed by atoms with E-state index in [1.54, 1.807) is 0 Å². The summed E-state index contributed by atoms with van der Waals surface area (Å²) in [7, 11) is 6.20. The van der Waals surface area contributed by atoms with Gasteiger partial charge in [-0.15, -0.1) is 0 Å². The fourth-order valence-corrected chi connectivity index (χ4v) is 5.75. The second-order valence-corrected chi connectivity index (χ2v) is 10.5. The summed E-state index contributed by atoms with van der Waals surface area (Å²) >= 11 is 0. The molecular weight excluding hydrogens is 505 g/mol. The maximum atomic E-state index is 6.20. The fraction of sp³-hybridized carbons (Fsp3) is 0. The third kappa shape index (κ3) is 5.00. The summed E-state index contributed by atoms with van der Waals surface area (Å²) in [6, 6.07) is 59.9. The van der Waals surface area contributed by atoms with Gasteiger partial charge >= 0.3 is 0 Å². The highest BCUT2D eigenvalue weighted by molar-refractivity contribution is 6.32. The Morgan fingerprint density at radius 3 is 1.57 bits per heavy atom. The summed E-state index contributed by atoms with van der Waals surface area (Å²) in [5, 5.41) is 2.52. The predicted molar refractivity (Wildman–Crippen MR) is 180 cm³/mol. The van der Waals surface area contributed by atoms with E-state index in [1.165, 1.54) is 21.9 Å². The van der Waals surface area contributed by atoms with Gasteiger partial charge in [0.1, 0.15) is 7.85 Å². The van der Waals surface area contributed by atoms with Crippen LogP contribution >= 0.6 is 0 Å². The number of benzene rings is 7. The second-order valence-electron chi connectivity index (χ2n) is 10.5. The SMILES string of the molecule is [B]c1ccc(-c2ccc(N(c3ccccc3)c3ccc(-c4cccc5ccccc45)cc3)cc2)c(-c2ccccc2)c1. The maximum Gasteiger partial charge on any atom is 0.113 e. The molecule has 2 heteroatoms. The molecular formula is C40H28BN. The van der Waals surface area contributed by atoms with Crippen molar-refractivity contribution < 1.29 is 0 Å². The molecule has 0 unspecified atom stereocenters.